The average Bonchev–Trinajstić information content (AvgIpc) is 2.55. The van der Waals surface area contributed by atoms with Crippen molar-refractivity contribution in [3.8, 4) is 0 Å². The zero-order chi connectivity index (χ0) is 16.2. The lowest BCUT2D eigenvalue weighted by Gasteiger charge is -2.34. The summed E-state index contributed by atoms with van der Waals surface area (Å²) in [6, 6.07) is 2.33. The van der Waals surface area contributed by atoms with Gasteiger partial charge in [0.05, 0.1) is 6.04 Å². The molecule has 2 fully saturated rings. The molecule has 0 aromatic carbocycles. The first-order chi connectivity index (χ1) is 11.1. The van der Waals surface area contributed by atoms with Gasteiger partial charge in [0.15, 0.2) is 0 Å². The molecule has 3 rings (SSSR count). The van der Waals surface area contributed by atoms with Crippen LogP contribution in [0.3, 0.4) is 0 Å². The first kappa shape index (κ1) is 16.2. The van der Waals surface area contributed by atoms with Gasteiger partial charge in [-0.15, -0.1) is 0 Å². The Hall–Kier alpha value is -1.69. The molecule has 1 aromatic heterocycles. The minimum Gasteiger partial charge on any atom is -0.356 e. The Bertz CT molecular complexity index is 528. The Balaban J connectivity index is 1.51. The van der Waals surface area contributed by atoms with Gasteiger partial charge in [-0.3, -0.25) is 4.79 Å². The molecule has 23 heavy (non-hydrogen) atoms. The highest BCUT2D eigenvalue weighted by Gasteiger charge is 2.26. The molecule has 3 heterocycles. The van der Waals surface area contributed by atoms with Crippen molar-refractivity contribution in [1.82, 2.24) is 20.6 Å². The van der Waals surface area contributed by atoms with Crippen LogP contribution in [-0.4, -0.2) is 47.6 Å². The lowest BCUT2D eigenvalue weighted by molar-refractivity contribution is -0.124. The fourth-order valence-corrected chi connectivity index (χ4v) is 3.49. The highest BCUT2D eigenvalue weighted by molar-refractivity contribution is 5.82. The minimum atomic E-state index is 0.00828. The Kier molecular flexibility index (Phi) is 5.10. The second kappa shape index (κ2) is 7.25. The topological polar surface area (TPSA) is 70.2 Å². The van der Waals surface area contributed by atoms with E-state index >= 15 is 0 Å². The van der Waals surface area contributed by atoms with Crippen LogP contribution in [0.2, 0.25) is 0 Å². The smallest absolute Gasteiger partial charge is 0.237 e. The highest BCUT2D eigenvalue weighted by atomic mass is 16.2. The maximum atomic E-state index is 12.3. The van der Waals surface area contributed by atoms with E-state index in [1.54, 1.807) is 0 Å². The average molecular weight is 317 g/mol. The van der Waals surface area contributed by atoms with Crippen molar-refractivity contribution in [2.24, 2.45) is 0 Å². The van der Waals surface area contributed by atoms with Crippen molar-refractivity contribution in [1.29, 1.82) is 0 Å². The Morgan fingerprint density at radius 2 is 2.00 bits per heavy atom. The largest absolute Gasteiger partial charge is 0.356 e. The number of rotatable bonds is 3. The molecule has 6 heteroatoms. The number of carbonyl (C=O) groups is 1. The van der Waals surface area contributed by atoms with Crippen molar-refractivity contribution in [2.45, 2.75) is 58.0 Å². The molecule has 2 aliphatic heterocycles. The monoisotopic (exact) mass is 317 g/mol. The summed E-state index contributed by atoms with van der Waals surface area (Å²) in [5.74, 6) is 2.00. The number of anilines is 1. The van der Waals surface area contributed by atoms with Gasteiger partial charge in [0.2, 0.25) is 5.91 Å². The van der Waals surface area contributed by atoms with E-state index in [0.29, 0.717) is 0 Å². The van der Waals surface area contributed by atoms with Crippen molar-refractivity contribution in [3.63, 3.8) is 0 Å². The number of aryl methyl sites for hydroxylation is 2. The van der Waals surface area contributed by atoms with E-state index in [0.717, 1.165) is 62.7 Å². The molecule has 1 atom stereocenters. The second-order valence-electron chi connectivity index (χ2n) is 6.69. The molecule has 0 bridgehead atoms. The number of nitrogens with one attached hydrogen (secondary N) is 2. The van der Waals surface area contributed by atoms with E-state index in [9.17, 15) is 4.79 Å². The number of carbonyl (C=O) groups excluding carboxylic acids is 1. The van der Waals surface area contributed by atoms with E-state index in [-0.39, 0.29) is 18.0 Å². The first-order valence-electron chi connectivity index (χ1n) is 8.73. The number of hydrogen-bond acceptors (Lipinski definition) is 5. The van der Waals surface area contributed by atoms with Crippen LogP contribution in [0.15, 0.2) is 6.07 Å². The number of hydrogen-bond donors (Lipinski definition) is 2. The molecular weight excluding hydrogens is 290 g/mol. The maximum absolute atomic E-state index is 12.3. The Morgan fingerprint density at radius 1 is 1.22 bits per heavy atom. The predicted octanol–water partition coefficient (Wildman–Crippen LogP) is 1.32. The van der Waals surface area contributed by atoms with Crippen LogP contribution in [0.4, 0.5) is 5.82 Å². The van der Waals surface area contributed by atoms with Gasteiger partial charge in [-0.25, -0.2) is 9.97 Å². The van der Waals surface area contributed by atoms with Gasteiger partial charge in [0.1, 0.15) is 11.6 Å². The van der Waals surface area contributed by atoms with Gasteiger partial charge in [0, 0.05) is 30.9 Å². The molecule has 0 saturated carbocycles. The Labute approximate surface area is 138 Å². The molecule has 2 saturated heterocycles. The fraction of sp³-hybridized carbons (Fsp3) is 0.706. The van der Waals surface area contributed by atoms with E-state index in [4.69, 9.17) is 0 Å². The lowest BCUT2D eigenvalue weighted by atomic mass is 10.0. The summed E-state index contributed by atoms with van der Waals surface area (Å²) >= 11 is 0. The van der Waals surface area contributed by atoms with Gasteiger partial charge in [-0.2, -0.15) is 0 Å². The lowest BCUT2D eigenvalue weighted by Crippen LogP contribution is -2.52. The van der Waals surface area contributed by atoms with Gasteiger partial charge in [-0.05, 0) is 46.1 Å². The highest BCUT2D eigenvalue weighted by Crippen LogP contribution is 2.19. The summed E-state index contributed by atoms with van der Waals surface area (Å²) in [5.41, 5.74) is 1.01. The van der Waals surface area contributed by atoms with Crippen molar-refractivity contribution < 1.29 is 4.79 Å². The third-order valence-corrected chi connectivity index (χ3v) is 4.74. The quantitative estimate of drug-likeness (QED) is 0.880. The predicted molar refractivity (Wildman–Crippen MR) is 90.5 cm³/mol. The van der Waals surface area contributed by atoms with Crippen LogP contribution < -0.4 is 15.5 Å². The first-order valence-corrected chi connectivity index (χ1v) is 8.73. The van der Waals surface area contributed by atoms with Crippen LogP contribution in [0, 0.1) is 13.8 Å². The normalized spacial score (nSPS) is 22.9. The molecule has 0 spiro atoms. The summed E-state index contributed by atoms with van der Waals surface area (Å²) < 4.78 is 0. The molecule has 1 aromatic rings. The number of aromatic nitrogens is 2. The number of amides is 1. The molecular formula is C17H27N5O. The minimum absolute atomic E-state index is 0.00828. The van der Waals surface area contributed by atoms with Crippen LogP contribution in [0.5, 0.6) is 0 Å². The number of nitrogens with zero attached hydrogens (tertiary/aromatic N) is 3. The van der Waals surface area contributed by atoms with E-state index in [1.165, 1.54) is 6.42 Å². The maximum Gasteiger partial charge on any atom is 0.237 e. The van der Waals surface area contributed by atoms with Gasteiger partial charge < -0.3 is 15.5 Å². The zero-order valence-electron chi connectivity index (χ0n) is 14.1. The standard InChI is InChI=1S/C17H27N5O/c1-12-11-16(20-13(2)19-12)22-9-6-14(7-10-22)21-17(23)15-5-3-4-8-18-15/h11,14-15,18H,3-10H2,1-2H3,(H,21,23)/t15-/m1/s1. The molecule has 1 amide bonds. The third kappa shape index (κ3) is 4.19. The molecule has 0 unspecified atom stereocenters. The van der Waals surface area contributed by atoms with Crippen LogP contribution in [0.25, 0.3) is 0 Å². The van der Waals surface area contributed by atoms with E-state index in [1.807, 2.05) is 19.9 Å². The summed E-state index contributed by atoms with van der Waals surface area (Å²) in [7, 11) is 0. The molecule has 0 aliphatic carbocycles. The Morgan fingerprint density at radius 3 is 2.65 bits per heavy atom. The molecule has 0 radical (unpaired) electrons. The van der Waals surface area contributed by atoms with Gasteiger partial charge >= 0.3 is 0 Å². The van der Waals surface area contributed by atoms with Crippen molar-refractivity contribution >= 4 is 11.7 Å². The third-order valence-electron chi connectivity index (χ3n) is 4.74. The van der Waals surface area contributed by atoms with Crippen LogP contribution in [-0.2, 0) is 4.79 Å². The zero-order valence-corrected chi connectivity index (χ0v) is 14.1. The van der Waals surface area contributed by atoms with Gasteiger partial charge in [0.25, 0.3) is 0 Å². The SMILES string of the molecule is Cc1cc(N2CCC(NC(=O)[C@H]3CCCCN3)CC2)nc(C)n1. The summed E-state index contributed by atoms with van der Waals surface area (Å²) in [6.45, 7) is 6.75. The number of piperidine rings is 2. The second-order valence-corrected chi connectivity index (χ2v) is 6.69. The van der Waals surface area contributed by atoms with Crippen LogP contribution in [0.1, 0.15) is 43.6 Å². The molecule has 2 aliphatic rings. The van der Waals surface area contributed by atoms with Crippen molar-refractivity contribution in [2.75, 3.05) is 24.5 Å². The summed E-state index contributed by atoms with van der Waals surface area (Å²) in [6.07, 6.45) is 5.24. The summed E-state index contributed by atoms with van der Waals surface area (Å²) in [4.78, 5) is 23.5. The molecule has 6 nitrogen and oxygen atoms in total. The van der Waals surface area contributed by atoms with Gasteiger partial charge in [-0.1, -0.05) is 6.42 Å². The molecule has 126 valence electrons. The molecule has 2 N–H and O–H groups in total. The summed E-state index contributed by atoms with van der Waals surface area (Å²) in [5, 5.41) is 6.54. The van der Waals surface area contributed by atoms with Crippen LogP contribution >= 0.6 is 0 Å². The fourth-order valence-electron chi connectivity index (χ4n) is 3.49. The van der Waals surface area contributed by atoms with E-state index < -0.39 is 0 Å². The van der Waals surface area contributed by atoms with Crippen molar-refractivity contribution in [3.05, 3.63) is 17.6 Å². The van der Waals surface area contributed by atoms with E-state index in [2.05, 4.69) is 25.5 Å².